The SMILES string of the molecule is CCc1nc(C(CC)CC)sc1CNCCOC. The minimum absolute atomic E-state index is 0.632. The Balaban J connectivity index is 2.65. The average molecular weight is 270 g/mol. The number of methoxy groups -OCH3 is 1. The lowest BCUT2D eigenvalue weighted by molar-refractivity contribution is 0.199. The minimum Gasteiger partial charge on any atom is -0.383 e. The van der Waals surface area contributed by atoms with Crippen molar-refractivity contribution in [2.45, 2.75) is 52.5 Å². The van der Waals surface area contributed by atoms with Gasteiger partial charge in [0.15, 0.2) is 0 Å². The molecule has 0 aliphatic carbocycles. The smallest absolute Gasteiger partial charge is 0.0962 e. The van der Waals surface area contributed by atoms with Gasteiger partial charge in [-0.2, -0.15) is 0 Å². The molecule has 4 heteroatoms. The first kappa shape index (κ1) is 15.6. The third-order valence-corrected chi connectivity index (χ3v) is 4.49. The summed E-state index contributed by atoms with van der Waals surface area (Å²) in [4.78, 5) is 6.22. The molecule has 0 aliphatic rings. The summed E-state index contributed by atoms with van der Waals surface area (Å²) in [5, 5.41) is 4.73. The van der Waals surface area contributed by atoms with E-state index in [9.17, 15) is 0 Å². The molecule has 1 aromatic rings. The predicted molar refractivity (Wildman–Crippen MR) is 78.4 cm³/mol. The summed E-state index contributed by atoms with van der Waals surface area (Å²) in [6.07, 6.45) is 3.39. The van der Waals surface area contributed by atoms with Crippen molar-refractivity contribution >= 4 is 11.3 Å². The van der Waals surface area contributed by atoms with Crippen LogP contribution >= 0.6 is 11.3 Å². The van der Waals surface area contributed by atoms with Crippen LogP contribution in [-0.4, -0.2) is 25.2 Å². The summed E-state index contributed by atoms with van der Waals surface area (Å²) in [7, 11) is 1.73. The molecule has 0 aromatic carbocycles. The van der Waals surface area contributed by atoms with E-state index in [0.29, 0.717) is 5.92 Å². The number of hydrogen-bond acceptors (Lipinski definition) is 4. The minimum atomic E-state index is 0.632. The van der Waals surface area contributed by atoms with Gasteiger partial charge >= 0.3 is 0 Å². The van der Waals surface area contributed by atoms with Gasteiger partial charge in [0, 0.05) is 31.0 Å². The highest BCUT2D eigenvalue weighted by molar-refractivity contribution is 7.11. The maximum absolute atomic E-state index is 5.04. The van der Waals surface area contributed by atoms with E-state index in [2.05, 4.69) is 26.1 Å². The Bertz CT molecular complexity index is 335. The van der Waals surface area contributed by atoms with Crippen molar-refractivity contribution in [3.05, 3.63) is 15.6 Å². The molecule has 0 amide bonds. The number of aryl methyl sites for hydroxylation is 1. The van der Waals surface area contributed by atoms with Gasteiger partial charge in [0.25, 0.3) is 0 Å². The van der Waals surface area contributed by atoms with Crippen LogP contribution in [0.2, 0.25) is 0 Å². The Morgan fingerprint density at radius 3 is 2.56 bits per heavy atom. The van der Waals surface area contributed by atoms with Crippen LogP contribution in [-0.2, 0) is 17.7 Å². The second-order valence-corrected chi connectivity index (χ2v) is 5.57. The maximum atomic E-state index is 5.04. The molecule has 0 unspecified atom stereocenters. The number of nitrogens with zero attached hydrogens (tertiary/aromatic N) is 1. The highest BCUT2D eigenvalue weighted by Crippen LogP contribution is 2.29. The van der Waals surface area contributed by atoms with Crippen LogP contribution in [0.3, 0.4) is 0 Å². The topological polar surface area (TPSA) is 34.2 Å². The van der Waals surface area contributed by atoms with Gasteiger partial charge in [0.2, 0.25) is 0 Å². The first-order valence-corrected chi connectivity index (χ1v) is 7.76. The lowest BCUT2D eigenvalue weighted by Gasteiger charge is -2.07. The molecule has 1 heterocycles. The van der Waals surface area contributed by atoms with Crippen LogP contribution in [0.15, 0.2) is 0 Å². The van der Waals surface area contributed by atoms with E-state index < -0.39 is 0 Å². The van der Waals surface area contributed by atoms with Crippen LogP contribution in [0.5, 0.6) is 0 Å². The van der Waals surface area contributed by atoms with Gasteiger partial charge < -0.3 is 10.1 Å². The molecular formula is C14H26N2OS. The molecule has 0 saturated carbocycles. The fourth-order valence-electron chi connectivity index (χ4n) is 2.01. The van der Waals surface area contributed by atoms with E-state index in [1.54, 1.807) is 7.11 Å². The molecule has 0 bridgehead atoms. The molecule has 0 fully saturated rings. The van der Waals surface area contributed by atoms with E-state index in [4.69, 9.17) is 9.72 Å². The molecule has 0 radical (unpaired) electrons. The molecule has 104 valence electrons. The first-order chi connectivity index (χ1) is 8.76. The molecule has 0 aliphatic heterocycles. The highest BCUT2D eigenvalue weighted by Gasteiger charge is 2.15. The lowest BCUT2D eigenvalue weighted by atomic mass is 10.1. The Labute approximate surface area is 115 Å². The molecule has 1 aromatic heterocycles. The molecule has 18 heavy (non-hydrogen) atoms. The van der Waals surface area contributed by atoms with Gasteiger partial charge in [0.05, 0.1) is 17.3 Å². The zero-order valence-electron chi connectivity index (χ0n) is 12.1. The van der Waals surface area contributed by atoms with Crippen molar-refractivity contribution < 1.29 is 4.74 Å². The Hall–Kier alpha value is -0.450. The average Bonchev–Trinajstić information content (AvgIpc) is 2.79. The largest absolute Gasteiger partial charge is 0.383 e. The molecule has 3 nitrogen and oxygen atoms in total. The normalized spacial score (nSPS) is 11.4. The first-order valence-electron chi connectivity index (χ1n) is 6.94. The summed E-state index contributed by atoms with van der Waals surface area (Å²) in [6.45, 7) is 9.27. The van der Waals surface area contributed by atoms with Crippen LogP contribution in [0.4, 0.5) is 0 Å². The van der Waals surface area contributed by atoms with Crippen LogP contribution < -0.4 is 5.32 Å². The molecule has 1 rings (SSSR count). The number of aromatic nitrogens is 1. The Kier molecular flexibility index (Phi) is 7.47. The maximum Gasteiger partial charge on any atom is 0.0962 e. The molecule has 0 atom stereocenters. The quantitative estimate of drug-likeness (QED) is 0.699. The van der Waals surface area contributed by atoms with Gasteiger partial charge in [-0.1, -0.05) is 20.8 Å². The molecule has 1 N–H and O–H groups in total. The molecule has 0 saturated heterocycles. The molecule has 0 spiro atoms. The summed E-state index contributed by atoms with van der Waals surface area (Å²) in [5.74, 6) is 0.632. The van der Waals surface area contributed by atoms with Crippen molar-refractivity contribution in [2.75, 3.05) is 20.3 Å². The van der Waals surface area contributed by atoms with Crippen molar-refractivity contribution in [3.63, 3.8) is 0 Å². The van der Waals surface area contributed by atoms with Crippen molar-refractivity contribution in [1.29, 1.82) is 0 Å². The second-order valence-electron chi connectivity index (χ2n) is 4.46. The number of nitrogens with one attached hydrogen (secondary N) is 1. The van der Waals surface area contributed by atoms with Gasteiger partial charge in [-0.15, -0.1) is 11.3 Å². The number of hydrogen-bond donors (Lipinski definition) is 1. The predicted octanol–water partition coefficient (Wildman–Crippen LogP) is 3.35. The summed E-state index contributed by atoms with van der Waals surface area (Å²) < 4.78 is 5.04. The van der Waals surface area contributed by atoms with Gasteiger partial charge in [0.1, 0.15) is 0 Å². The lowest BCUT2D eigenvalue weighted by Crippen LogP contribution is -2.18. The summed E-state index contributed by atoms with van der Waals surface area (Å²) >= 11 is 1.88. The molecular weight excluding hydrogens is 244 g/mol. The van der Waals surface area contributed by atoms with Crippen LogP contribution in [0.1, 0.15) is 55.1 Å². The third kappa shape index (κ3) is 4.34. The van der Waals surface area contributed by atoms with Gasteiger partial charge in [-0.3, -0.25) is 0 Å². The van der Waals surface area contributed by atoms with Crippen LogP contribution in [0.25, 0.3) is 0 Å². The zero-order valence-corrected chi connectivity index (χ0v) is 12.9. The standard InChI is InChI=1S/C14H26N2OS/c1-5-11(6-2)14-16-12(7-3)13(18-14)10-15-8-9-17-4/h11,15H,5-10H2,1-4H3. The Morgan fingerprint density at radius 2 is 2.00 bits per heavy atom. The zero-order chi connectivity index (χ0) is 13.4. The van der Waals surface area contributed by atoms with Crippen molar-refractivity contribution in [3.8, 4) is 0 Å². The van der Waals surface area contributed by atoms with Crippen molar-refractivity contribution in [2.24, 2.45) is 0 Å². The number of ether oxygens (including phenoxy) is 1. The van der Waals surface area contributed by atoms with Gasteiger partial charge in [-0.05, 0) is 19.3 Å². The van der Waals surface area contributed by atoms with E-state index in [-0.39, 0.29) is 0 Å². The van der Waals surface area contributed by atoms with Crippen LogP contribution in [0, 0.1) is 0 Å². The fraction of sp³-hybridized carbons (Fsp3) is 0.786. The number of rotatable bonds is 9. The monoisotopic (exact) mass is 270 g/mol. The Morgan fingerprint density at radius 1 is 1.28 bits per heavy atom. The highest BCUT2D eigenvalue weighted by atomic mass is 32.1. The van der Waals surface area contributed by atoms with E-state index in [0.717, 1.165) is 26.1 Å². The summed E-state index contributed by atoms with van der Waals surface area (Å²) in [6, 6.07) is 0. The van der Waals surface area contributed by atoms with E-state index in [1.807, 2.05) is 11.3 Å². The fourth-order valence-corrected chi connectivity index (χ4v) is 3.40. The third-order valence-electron chi connectivity index (χ3n) is 3.23. The summed E-state index contributed by atoms with van der Waals surface area (Å²) in [5.41, 5.74) is 1.27. The van der Waals surface area contributed by atoms with E-state index in [1.165, 1.54) is 28.4 Å². The van der Waals surface area contributed by atoms with Crippen molar-refractivity contribution in [1.82, 2.24) is 10.3 Å². The number of thiazole rings is 1. The second kappa shape index (κ2) is 8.62. The van der Waals surface area contributed by atoms with Gasteiger partial charge in [-0.25, -0.2) is 4.98 Å². The van der Waals surface area contributed by atoms with E-state index >= 15 is 0 Å².